The lowest BCUT2D eigenvalue weighted by Crippen LogP contribution is -2.26. The molecule has 0 aliphatic heterocycles. The molecule has 5 heteroatoms. The lowest BCUT2D eigenvalue weighted by molar-refractivity contribution is 0.584. The van der Waals surface area contributed by atoms with Gasteiger partial charge in [-0.1, -0.05) is 13.8 Å². The Labute approximate surface area is 87.9 Å². The average molecular weight is 216 g/mol. The van der Waals surface area contributed by atoms with Crippen molar-refractivity contribution in [1.82, 2.24) is 14.8 Å². The quantitative estimate of drug-likeness (QED) is 0.772. The van der Waals surface area contributed by atoms with Crippen molar-refractivity contribution in [1.29, 1.82) is 0 Å². The molecular weight excluding hydrogens is 202 g/mol. The Morgan fingerprint density at radius 3 is 2.43 bits per heavy atom. The molecule has 14 heavy (non-hydrogen) atoms. The van der Waals surface area contributed by atoms with Crippen LogP contribution in [0.3, 0.4) is 0 Å². The van der Waals surface area contributed by atoms with Crippen LogP contribution in [0.1, 0.15) is 38.3 Å². The van der Waals surface area contributed by atoms with E-state index in [0.29, 0.717) is 5.69 Å². The number of rotatable bonds is 3. The molecule has 0 radical (unpaired) electrons. The van der Waals surface area contributed by atoms with Gasteiger partial charge in [0, 0.05) is 13.0 Å². The highest BCUT2D eigenvalue weighted by atomic mass is 35.5. The minimum absolute atomic E-state index is 0.129. The Morgan fingerprint density at radius 1 is 1.36 bits per heavy atom. The molecule has 0 bridgehead atoms. The summed E-state index contributed by atoms with van der Waals surface area (Å²) in [5.41, 5.74) is 0.376. The first-order valence-electron chi connectivity index (χ1n) is 4.70. The fourth-order valence-corrected chi connectivity index (χ4v) is 1.51. The molecule has 0 N–H and O–H groups in total. The average Bonchev–Trinajstić information content (AvgIpc) is 2.19. The van der Waals surface area contributed by atoms with E-state index in [1.54, 1.807) is 7.05 Å². The molecule has 0 aliphatic carbocycles. The molecule has 0 fully saturated rings. The predicted molar refractivity (Wildman–Crippen MR) is 55.6 cm³/mol. The van der Waals surface area contributed by atoms with Crippen molar-refractivity contribution in [3.05, 3.63) is 21.3 Å². The van der Waals surface area contributed by atoms with E-state index in [-0.39, 0.29) is 16.8 Å². The van der Waals surface area contributed by atoms with Gasteiger partial charge in [-0.3, -0.25) is 9.36 Å². The summed E-state index contributed by atoms with van der Waals surface area (Å²) in [6, 6.07) is 0. The molecule has 78 valence electrons. The second-order valence-corrected chi connectivity index (χ2v) is 3.57. The third-order valence-corrected chi connectivity index (χ3v) is 2.74. The van der Waals surface area contributed by atoms with Gasteiger partial charge >= 0.3 is 0 Å². The zero-order valence-corrected chi connectivity index (χ0v) is 9.38. The van der Waals surface area contributed by atoms with Crippen molar-refractivity contribution < 1.29 is 0 Å². The number of aromatic nitrogens is 3. The minimum atomic E-state index is -0.140. The first-order valence-corrected chi connectivity index (χ1v) is 5.08. The van der Waals surface area contributed by atoms with E-state index in [9.17, 15) is 4.79 Å². The Hall–Kier alpha value is -0.900. The fraction of sp³-hybridized carbons (Fsp3) is 0.667. The SMILES string of the molecule is CCC(CC)c1nnc(Cl)n(C)c1=O. The Morgan fingerprint density at radius 2 is 1.93 bits per heavy atom. The van der Waals surface area contributed by atoms with Gasteiger partial charge in [0.15, 0.2) is 0 Å². The summed E-state index contributed by atoms with van der Waals surface area (Å²) in [5.74, 6) is 0.179. The normalized spacial score (nSPS) is 10.9. The highest BCUT2D eigenvalue weighted by Gasteiger charge is 2.15. The summed E-state index contributed by atoms with van der Waals surface area (Å²) < 4.78 is 1.32. The highest BCUT2D eigenvalue weighted by molar-refractivity contribution is 6.28. The van der Waals surface area contributed by atoms with Crippen LogP contribution in [0.5, 0.6) is 0 Å². The molecule has 1 rings (SSSR count). The first kappa shape index (κ1) is 11.2. The van der Waals surface area contributed by atoms with Gasteiger partial charge in [-0.25, -0.2) is 0 Å². The molecule has 0 spiro atoms. The second kappa shape index (κ2) is 4.55. The van der Waals surface area contributed by atoms with Crippen LogP contribution < -0.4 is 5.56 Å². The lowest BCUT2D eigenvalue weighted by Gasteiger charge is -2.10. The topological polar surface area (TPSA) is 47.8 Å². The highest BCUT2D eigenvalue weighted by Crippen LogP contribution is 2.17. The van der Waals surface area contributed by atoms with Gasteiger partial charge < -0.3 is 0 Å². The number of hydrogen-bond acceptors (Lipinski definition) is 3. The molecule has 0 atom stereocenters. The number of nitrogens with zero attached hydrogens (tertiary/aromatic N) is 3. The lowest BCUT2D eigenvalue weighted by atomic mass is 10.0. The van der Waals surface area contributed by atoms with Crippen LogP contribution in [-0.4, -0.2) is 14.8 Å². The van der Waals surface area contributed by atoms with E-state index >= 15 is 0 Å². The van der Waals surface area contributed by atoms with Crippen LogP contribution in [0.25, 0.3) is 0 Å². The second-order valence-electron chi connectivity index (χ2n) is 3.23. The minimum Gasteiger partial charge on any atom is -0.283 e. The van der Waals surface area contributed by atoms with Crippen LogP contribution in [0.2, 0.25) is 5.28 Å². The van der Waals surface area contributed by atoms with Gasteiger partial charge in [0.05, 0.1) is 0 Å². The van der Waals surface area contributed by atoms with Crippen molar-refractivity contribution in [2.45, 2.75) is 32.6 Å². The van der Waals surface area contributed by atoms with Crippen LogP contribution in [0, 0.1) is 0 Å². The van der Waals surface area contributed by atoms with Crippen LogP contribution in [-0.2, 0) is 7.05 Å². The number of hydrogen-bond donors (Lipinski definition) is 0. The van der Waals surface area contributed by atoms with E-state index in [1.807, 2.05) is 13.8 Å². The first-order chi connectivity index (χ1) is 6.61. The van der Waals surface area contributed by atoms with Gasteiger partial charge in [0.2, 0.25) is 5.28 Å². The molecule has 0 aliphatic rings. The van der Waals surface area contributed by atoms with Crippen molar-refractivity contribution >= 4 is 11.6 Å². The summed E-state index contributed by atoms with van der Waals surface area (Å²) in [6.45, 7) is 4.06. The molecular formula is C9H14ClN3O. The Balaban J connectivity index is 3.23. The van der Waals surface area contributed by atoms with Crippen LogP contribution >= 0.6 is 11.6 Å². The summed E-state index contributed by atoms with van der Waals surface area (Å²) in [7, 11) is 1.60. The maximum Gasteiger partial charge on any atom is 0.276 e. The molecule has 4 nitrogen and oxygen atoms in total. The summed E-state index contributed by atoms with van der Waals surface area (Å²) >= 11 is 5.67. The smallest absolute Gasteiger partial charge is 0.276 e. The van der Waals surface area contributed by atoms with E-state index < -0.39 is 0 Å². The maximum absolute atomic E-state index is 11.7. The third kappa shape index (κ3) is 1.95. The molecule has 1 heterocycles. The Kier molecular flexibility index (Phi) is 3.63. The van der Waals surface area contributed by atoms with Crippen molar-refractivity contribution in [3.63, 3.8) is 0 Å². The largest absolute Gasteiger partial charge is 0.283 e. The third-order valence-electron chi connectivity index (χ3n) is 2.41. The van der Waals surface area contributed by atoms with Gasteiger partial charge in [0.1, 0.15) is 5.69 Å². The van der Waals surface area contributed by atoms with Crippen LogP contribution in [0.4, 0.5) is 0 Å². The molecule has 0 aromatic carbocycles. The molecule has 1 aromatic rings. The van der Waals surface area contributed by atoms with E-state index in [1.165, 1.54) is 4.57 Å². The van der Waals surface area contributed by atoms with E-state index in [0.717, 1.165) is 12.8 Å². The monoisotopic (exact) mass is 215 g/mol. The summed E-state index contributed by atoms with van der Waals surface area (Å²) in [6.07, 6.45) is 1.78. The van der Waals surface area contributed by atoms with Gasteiger partial charge in [-0.2, -0.15) is 0 Å². The zero-order chi connectivity index (χ0) is 10.7. The van der Waals surface area contributed by atoms with Crippen molar-refractivity contribution in [2.24, 2.45) is 7.05 Å². The van der Waals surface area contributed by atoms with Gasteiger partial charge in [-0.05, 0) is 24.4 Å². The fourth-order valence-electron chi connectivity index (χ4n) is 1.39. The Bertz CT molecular complexity index is 371. The predicted octanol–water partition coefficient (Wildman–Crippen LogP) is 1.73. The standard InChI is InChI=1S/C9H14ClN3O/c1-4-6(5-2)7-8(14)13(3)9(10)12-11-7/h6H,4-5H2,1-3H3. The van der Waals surface area contributed by atoms with Crippen molar-refractivity contribution in [2.75, 3.05) is 0 Å². The summed E-state index contributed by atoms with van der Waals surface area (Å²) in [5, 5.41) is 7.73. The van der Waals surface area contributed by atoms with Gasteiger partial charge in [0.25, 0.3) is 5.56 Å². The van der Waals surface area contributed by atoms with Crippen LogP contribution in [0.15, 0.2) is 4.79 Å². The molecule has 0 amide bonds. The van der Waals surface area contributed by atoms with E-state index in [4.69, 9.17) is 11.6 Å². The maximum atomic E-state index is 11.7. The molecule has 0 saturated carbocycles. The molecule has 0 unspecified atom stereocenters. The van der Waals surface area contributed by atoms with Crippen molar-refractivity contribution in [3.8, 4) is 0 Å². The van der Waals surface area contributed by atoms with E-state index in [2.05, 4.69) is 10.2 Å². The molecule has 0 saturated heterocycles. The number of halogens is 1. The zero-order valence-electron chi connectivity index (χ0n) is 8.62. The van der Waals surface area contributed by atoms with Gasteiger partial charge in [-0.15, -0.1) is 10.2 Å². The molecule has 1 aromatic heterocycles. The summed E-state index contributed by atoms with van der Waals surface area (Å²) in [4.78, 5) is 11.7.